The standard InChI is InChI=1S/C11H18N3/c1-2-3-7-13-9-10-14(11-13)8-5-4-6-12/h9-11H,2-5,7-8H2,1H3/q+1. The number of aromatic nitrogens is 2. The van der Waals surface area contributed by atoms with Gasteiger partial charge in [0.1, 0.15) is 12.4 Å². The number of aryl methyl sites for hydroxylation is 2. The third-order valence-corrected chi connectivity index (χ3v) is 2.22. The molecule has 1 rings (SSSR count). The lowest BCUT2D eigenvalue weighted by molar-refractivity contribution is -0.696. The van der Waals surface area contributed by atoms with Crippen molar-refractivity contribution < 1.29 is 4.57 Å². The van der Waals surface area contributed by atoms with E-state index >= 15 is 0 Å². The summed E-state index contributed by atoms with van der Waals surface area (Å²) in [6, 6.07) is 2.16. The van der Waals surface area contributed by atoms with Gasteiger partial charge >= 0.3 is 0 Å². The number of nitriles is 1. The Hall–Kier alpha value is -1.30. The second-order valence-electron chi connectivity index (χ2n) is 3.50. The van der Waals surface area contributed by atoms with Crippen LogP contribution >= 0.6 is 0 Å². The highest BCUT2D eigenvalue weighted by Crippen LogP contribution is 1.93. The van der Waals surface area contributed by atoms with E-state index in [-0.39, 0.29) is 0 Å². The highest BCUT2D eigenvalue weighted by atomic mass is 15.1. The molecule has 0 aliphatic carbocycles. The summed E-state index contributed by atoms with van der Waals surface area (Å²) in [4.78, 5) is 0. The first-order valence-electron chi connectivity index (χ1n) is 5.28. The summed E-state index contributed by atoms with van der Waals surface area (Å²) in [6.45, 7) is 4.25. The molecule has 3 heteroatoms. The van der Waals surface area contributed by atoms with Gasteiger partial charge in [0.15, 0.2) is 0 Å². The van der Waals surface area contributed by atoms with Crippen molar-refractivity contribution in [1.82, 2.24) is 4.57 Å². The van der Waals surface area contributed by atoms with Crippen LogP contribution < -0.4 is 4.57 Å². The van der Waals surface area contributed by atoms with Gasteiger partial charge in [0.05, 0.1) is 19.2 Å². The monoisotopic (exact) mass is 192 g/mol. The molecule has 14 heavy (non-hydrogen) atoms. The van der Waals surface area contributed by atoms with Gasteiger partial charge in [-0.25, -0.2) is 9.13 Å². The van der Waals surface area contributed by atoms with E-state index in [4.69, 9.17) is 5.26 Å². The van der Waals surface area contributed by atoms with E-state index in [1.807, 2.05) is 0 Å². The zero-order chi connectivity index (χ0) is 10.2. The van der Waals surface area contributed by atoms with Crippen molar-refractivity contribution in [2.45, 2.75) is 45.7 Å². The van der Waals surface area contributed by atoms with E-state index in [9.17, 15) is 0 Å². The van der Waals surface area contributed by atoms with Crippen molar-refractivity contribution in [3.8, 4) is 6.07 Å². The van der Waals surface area contributed by atoms with Crippen LogP contribution in [0.4, 0.5) is 0 Å². The zero-order valence-electron chi connectivity index (χ0n) is 8.82. The van der Waals surface area contributed by atoms with Gasteiger partial charge in [-0.1, -0.05) is 13.3 Å². The molecule has 0 N–H and O–H groups in total. The molecule has 1 heterocycles. The van der Waals surface area contributed by atoms with Gasteiger partial charge in [-0.15, -0.1) is 0 Å². The van der Waals surface area contributed by atoms with Gasteiger partial charge in [-0.3, -0.25) is 0 Å². The molecular formula is C11H18N3+. The van der Waals surface area contributed by atoms with Crippen molar-refractivity contribution in [3.05, 3.63) is 18.7 Å². The maximum Gasteiger partial charge on any atom is 0.243 e. The predicted octanol–water partition coefficient (Wildman–Crippen LogP) is 1.88. The summed E-state index contributed by atoms with van der Waals surface area (Å²) in [5, 5.41) is 8.40. The summed E-state index contributed by atoms with van der Waals surface area (Å²) in [6.07, 6.45) is 10.3. The van der Waals surface area contributed by atoms with Crippen LogP contribution in [0.5, 0.6) is 0 Å². The van der Waals surface area contributed by atoms with Crippen LogP contribution in [0.2, 0.25) is 0 Å². The van der Waals surface area contributed by atoms with E-state index < -0.39 is 0 Å². The summed E-state index contributed by atoms with van der Waals surface area (Å²) >= 11 is 0. The number of hydrogen-bond donors (Lipinski definition) is 0. The van der Waals surface area contributed by atoms with E-state index in [0.29, 0.717) is 6.42 Å². The molecular weight excluding hydrogens is 174 g/mol. The third kappa shape index (κ3) is 3.61. The van der Waals surface area contributed by atoms with Gasteiger partial charge in [-0.05, 0) is 12.8 Å². The average molecular weight is 192 g/mol. The van der Waals surface area contributed by atoms with Gasteiger partial charge in [0.25, 0.3) is 0 Å². The first-order valence-corrected chi connectivity index (χ1v) is 5.28. The van der Waals surface area contributed by atoms with Crippen molar-refractivity contribution in [2.75, 3.05) is 0 Å². The number of imidazole rings is 1. The molecule has 0 aromatic carbocycles. The minimum atomic E-state index is 0.646. The first kappa shape index (κ1) is 10.8. The first-order chi connectivity index (χ1) is 6.86. The van der Waals surface area contributed by atoms with Crippen LogP contribution in [-0.2, 0) is 13.1 Å². The fourth-order valence-corrected chi connectivity index (χ4v) is 1.38. The number of unbranched alkanes of at least 4 members (excludes halogenated alkanes) is 2. The zero-order valence-corrected chi connectivity index (χ0v) is 8.82. The minimum absolute atomic E-state index is 0.646. The molecule has 1 aromatic rings. The van der Waals surface area contributed by atoms with Crippen LogP contribution in [0.1, 0.15) is 32.6 Å². The molecule has 0 fully saturated rings. The number of hydrogen-bond acceptors (Lipinski definition) is 1. The summed E-state index contributed by atoms with van der Waals surface area (Å²) in [7, 11) is 0. The Balaban J connectivity index is 2.32. The van der Waals surface area contributed by atoms with E-state index in [0.717, 1.165) is 19.5 Å². The summed E-state index contributed by atoms with van der Waals surface area (Å²) < 4.78 is 4.35. The van der Waals surface area contributed by atoms with Crippen LogP contribution in [0, 0.1) is 11.3 Å². The summed E-state index contributed by atoms with van der Waals surface area (Å²) in [5.41, 5.74) is 0. The van der Waals surface area contributed by atoms with E-state index in [1.165, 1.54) is 12.8 Å². The third-order valence-electron chi connectivity index (χ3n) is 2.22. The Morgan fingerprint density at radius 2 is 2.29 bits per heavy atom. The average Bonchev–Trinajstić information content (AvgIpc) is 2.63. The Morgan fingerprint density at radius 1 is 1.43 bits per heavy atom. The summed E-state index contributed by atoms with van der Waals surface area (Å²) in [5.74, 6) is 0. The molecule has 76 valence electrons. The molecule has 0 bridgehead atoms. The molecule has 0 spiro atoms. The normalized spacial score (nSPS) is 10.0. The largest absolute Gasteiger partial charge is 0.243 e. The lowest BCUT2D eigenvalue weighted by Gasteiger charge is -1.93. The Morgan fingerprint density at radius 3 is 3.00 bits per heavy atom. The lowest BCUT2D eigenvalue weighted by Crippen LogP contribution is -2.30. The Kier molecular flexibility index (Phi) is 4.77. The molecule has 0 radical (unpaired) electrons. The Bertz CT molecular complexity index is 296. The quantitative estimate of drug-likeness (QED) is 0.500. The second-order valence-corrected chi connectivity index (χ2v) is 3.50. The molecule has 0 amide bonds. The van der Waals surface area contributed by atoms with Gasteiger partial charge in [-0.2, -0.15) is 5.26 Å². The molecule has 0 unspecified atom stereocenters. The molecule has 0 saturated heterocycles. The maximum atomic E-state index is 8.40. The lowest BCUT2D eigenvalue weighted by atomic mass is 10.3. The van der Waals surface area contributed by atoms with Crippen LogP contribution in [-0.4, -0.2) is 4.57 Å². The maximum absolute atomic E-state index is 8.40. The highest BCUT2D eigenvalue weighted by Gasteiger charge is 2.01. The number of nitrogens with zero attached hydrogens (tertiary/aromatic N) is 3. The number of rotatable bonds is 6. The molecule has 0 aliphatic heterocycles. The van der Waals surface area contributed by atoms with Crippen molar-refractivity contribution in [2.24, 2.45) is 0 Å². The van der Waals surface area contributed by atoms with Crippen molar-refractivity contribution in [1.29, 1.82) is 5.26 Å². The molecule has 1 aromatic heterocycles. The smallest absolute Gasteiger partial charge is 0.237 e. The van der Waals surface area contributed by atoms with Crippen molar-refractivity contribution >= 4 is 0 Å². The Labute approximate surface area is 85.6 Å². The predicted molar refractivity (Wildman–Crippen MR) is 54.4 cm³/mol. The SMILES string of the molecule is CCCCn1cc[n+](CCCC#N)c1. The van der Waals surface area contributed by atoms with Gasteiger partial charge in [0, 0.05) is 6.42 Å². The van der Waals surface area contributed by atoms with E-state index in [1.54, 1.807) is 0 Å². The highest BCUT2D eigenvalue weighted by molar-refractivity contribution is 4.68. The molecule has 3 nitrogen and oxygen atoms in total. The van der Waals surface area contributed by atoms with E-state index in [2.05, 4.69) is 40.8 Å². The van der Waals surface area contributed by atoms with Gasteiger partial charge in [0.2, 0.25) is 6.33 Å². The fraction of sp³-hybridized carbons (Fsp3) is 0.636. The minimum Gasteiger partial charge on any atom is -0.237 e. The van der Waals surface area contributed by atoms with Crippen LogP contribution in [0.3, 0.4) is 0 Å². The van der Waals surface area contributed by atoms with Gasteiger partial charge < -0.3 is 0 Å². The van der Waals surface area contributed by atoms with Crippen LogP contribution in [0.15, 0.2) is 18.7 Å². The molecule has 0 saturated carbocycles. The second kappa shape index (κ2) is 6.20. The molecule has 0 atom stereocenters. The van der Waals surface area contributed by atoms with Crippen LogP contribution in [0.25, 0.3) is 0 Å². The molecule has 0 aliphatic rings. The fourth-order valence-electron chi connectivity index (χ4n) is 1.38. The topological polar surface area (TPSA) is 32.6 Å². The van der Waals surface area contributed by atoms with Crippen molar-refractivity contribution in [3.63, 3.8) is 0 Å².